The number of thiocarbonyl (C=S) groups is 1. The van der Waals surface area contributed by atoms with Gasteiger partial charge < -0.3 is 16.0 Å². The van der Waals surface area contributed by atoms with Crippen molar-refractivity contribution >= 4 is 34.8 Å². The lowest BCUT2D eigenvalue weighted by molar-refractivity contribution is -0.124. The monoisotopic (exact) mass is 347 g/mol. The fourth-order valence-corrected chi connectivity index (χ4v) is 3.01. The first kappa shape index (κ1) is 18.4. The molecule has 0 spiro atoms. The second-order valence-corrected chi connectivity index (χ2v) is 6.89. The fourth-order valence-electron chi connectivity index (χ4n) is 2.79. The third-order valence-corrected chi connectivity index (χ3v) is 4.24. The first-order chi connectivity index (χ1) is 11.5. The highest BCUT2D eigenvalue weighted by Gasteiger charge is 2.21. The summed E-state index contributed by atoms with van der Waals surface area (Å²) in [5.74, 6) is -0.0366. The molecule has 6 heteroatoms. The van der Waals surface area contributed by atoms with Gasteiger partial charge >= 0.3 is 0 Å². The van der Waals surface area contributed by atoms with Crippen molar-refractivity contribution in [1.29, 1.82) is 0 Å². The summed E-state index contributed by atoms with van der Waals surface area (Å²) in [6.07, 6.45) is 5.31. The summed E-state index contributed by atoms with van der Waals surface area (Å²) in [5, 5.41) is 8.89. The lowest BCUT2D eigenvalue weighted by atomic mass is 9.89. The van der Waals surface area contributed by atoms with E-state index in [0.29, 0.717) is 10.7 Å². The maximum Gasteiger partial charge on any atom is 0.251 e. The Labute approximate surface area is 148 Å². The number of carbonyl (C=O) groups excluding carboxylic acids is 2. The molecule has 0 heterocycles. The van der Waals surface area contributed by atoms with Gasteiger partial charge in [0.15, 0.2) is 5.11 Å². The largest absolute Gasteiger partial charge is 0.350 e. The summed E-state index contributed by atoms with van der Waals surface area (Å²) in [5.41, 5.74) is 1.33. The molecule has 0 aliphatic heterocycles. The van der Waals surface area contributed by atoms with Crippen LogP contribution in [0.1, 0.15) is 56.3 Å². The highest BCUT2D eigenvalue weighted by molar-refractivity contribution is 7.80. The molecular weight excluding hydrogens is 322 g/mol. The average molecular weight is 347 g/mol. The SMILES string of the molecule is CC(C)NC(=O)c1ccc(NC(=S)NC(=O)C2CCCCC2)cc1. The highest BCUT2D eigenvalue weighted by atomic mass is 32.1. The molecule has 2 rings (SSSR count). The van der Waals surface area contributed by atoms with Gasteiger partial charge in [-0.1, -0.05) is 19.3 Å². The van der Waals surface area contributed by atoms with E-state index in [0.717, 1.165) is 31.4 Å². The average Bonchev–Trinajstić information content (AvgIpc) is 2.55. The number of rotatable bonds is 4. The van der Waals surface area contributed by atoms with Crippen LogP contribution < -0.4 is 16.0 Å². The number of anilines is 1. The van der Waals surface area contributed by atoms with Crippen LogP contribution in [0.4, 0.5) is 5.69 Å². The molecule has 1 saturated carbocycles. The molecular formula is C18H25N3O2S. The summed E-state index contributed by atoms with van der Waals surface area (Å²) in [7, 11) is 0. The third kappa shape index (κ3) is 5.60. The zero-order chi connectivity index (χ0) is 17.5. The molecule has 0 radical (unpaired) electrons. The Bertz CT molecular complexity index is 593. The molecule has 2 amide bonds. The van der Waals surface area contributed by atoms with E-state index in [2.05, 4.69) is 16.0 Å². The van der Waals surface area contributed by atoms with E-state index in [-0.39, 0.29) is 23.8 Å². The van der Waals surface area contributed by atoms with Crippen molar-refractivity contribution in [3.63, 3.8) is 0 Å². The molecule has 1 aliphatic rings. The molecule has 0 aromatic heterocycles. The highest BCUT2D eigenvalue weighted by Crippen LogP contribution is 2.23. The van der Waals surface area contributed by atoms with Crippen LogP contribution in [0.2, 0.25) is 0 Å². The van der Waals surface area contributed by atoms with Gasteiger partial charge in [0, 0.05) is 23.2 Å². The summed E-state index contributed by atoms with van der Waals surface area (Å²) in [6, 6.07) is 7.10. The van der Waals surface area contributed by atoms with Gasteiger partial charge in [0.25, 0.3) is 5.91 Å². The fraction of sp³-hybridized carbons (Fsp3) is 0.500. The Balaban J connectivity index is 1.85. The Hall–Kier alpha value is -1.95. The second-order valence-electron chi connectivity index (χ2n) is 6.48. The summed E-state index contributed by atoms with van der Waals surface area (Å²) in [6.45, 7) is 3.84. The van der Waals surface area contributed by atoms with Gasteiger partial charge in [0.2, 0.25) is 5.91 Å². The molecule has 0 unspecified atom stereocenters. The quantitative estimate of drug-likeness (QED) is 0.732. The molecule has 24 heavy (non-hydrogen) atoms. The summed E-state index contributed by atoms with van der Waals surface area (Å²) < 4.78 is 0. The Morgan fingerprint density at radius 2 is 1.71 bits per heavy atom. The van der Waals surface area contributed by atoms with E-state index in [9.17, 15) is 9.59 Å². The van der Waals surface area contributed by atoms with E-state index in [1.807, 2.05) is 13.8 Å². The second kappa shape index (κ2) is 8.78. The normalized spacial score (nSPS) is 15.0. The van der Waals surface area contributed by atoms with E-state index >= 15 is 0 Å². The molecule has 5 nitrogen and oxygen atoms in total. The van der Waals surface area contributed by atoms with Crippen LogP contribution >= 0.6 is 12.2 Å². The Kier molecular flexibility index (Phi) is 6.73. The van der Waals surface area contributed by atoms with Crippen LogP contribution in [-0.4, -0.2) is 23.0 Å². The van der Waals surface area contributed by atoms with Gasteiger partial charge in [-0.15, -0.1) is 0 Å². The van der Waals surface area contributed by atoms with Crippen molar-refractivity contribution in [3.05, 3.63) is 29.8 Å². The zero-order valence-corrected chi connectivity index (χ0v) is 15.0. The van der Waals surface area contributed by atoms with Gasteiger partial charge in [-0.2, -0.15) is 0 Å². The third-order valence-electron chi connectivity index (χ3n) is 4.04. The van der Waals surface area contributed by atoms with Crippen molar-refractivity contribution in [3.8, 4) is 0 Å². The standard InChI is InChI=1S/C18H25N3O2S/c1-12(2)19-16(22)14-8-10-15(11-9-14)20-18(24)21-17(23)13-6-4-3-5-7-13/h8-13H,3-7H2,1-2H3,(H,19,22)(H2,20,21,23,24). The lowest BCUT2D eigenvalue weighted by Crippen LogP contribution is -2.39. The van der Waals surface area contributed by atoms with Gasteiger partial charge in [-0.3, -0.25) is 9.59 Å². The Morgan fingerprint density at radius 1 is 1.08 bits per heavy atom. The summed E-state index contributed by atoms with van der Waals surface area (Å²) >= 11 is 5.20. The minimum Gasteiger partial charge on any atom is -0.350 e. The molecule has 1 fully saturated rings. The molecule has 1 aromatic rings. The summed E-state index contributed by atoms with van der Waals surface area (Å²) in [4.78, 5) is 24.0. The number of hydrogen-bond donors (Lipinski definition) is 3. The number of amides is 2. The smallest absolute Gasteiger partial charge is 0.251 e. The van der Waals surface area contributed by atoms with Crippen molar-refractivity contribution in [1.82, 2.24) is 10.6 Å². The van der Waals surface area contributed by atoms with Crippen LogP contribution in [0.25, 0.3) is 0 Å². The molecule has 0 atom stereocenters. The Morgan fingerprint density at radius 3 is 2.29 bits per heavy atom. The minimum atomic E-state index is -0.107. The molecule has 0 saturated heterocycles. The van der Waals surface area contributed by atoms with Crippen LogP contribution in [-0.2, 0) is 4.79 Å². The molecule has 1 aromatic carbocycles. The van der Waals surface area contributed by atoms with Crippen molar-refractivity contribution in [2.75, 3.05) is 5.32 Å². The van der Waals surface area contributed by atoms with Crippen molar-refractivity contribution < 1.29 is 9.59 Å². The first-order valence-corrected chi connectivity index (χ1v) is 8.89. The van der Waals surface area contributed by atoms with E-state index < -0.39 is 0 Å². The number of nitrogens with one attached hydrogen (secondary N) is 3. The number of carbonyl (C=O) groups is 2. The number of benzene rings is 1. The maximum absolute atomic E-state index is 12.2. The molecule has 3 N–H and O–H groups in total. The van der Waals surface area contributed by atoms with Gasteiger partial charge in [-0.05, 0) is 63.2 Å². The zero-order valence-electron chi connectivity index (χ0n) is 14.2. The predicted octanol–water partition coefficient (Wildman–Crippen LogP) is 3.22. The van der Waals surface area contributed by atoms with Crippen molar-refractivity contribution in [2.45, 2.75) is 52.0 Å². The van der Waals surface area contributed by atoms with E-state index in [1.54, 1.807) is 24.3 Å². The van der Waals surface area contributed by atoms with Crippen LogP contribution in [0.5, 0.6) is 0 Å². The van der Waals surface area contributed by atoms with Gasteiger partial charge in [0.05, 0.1) is 0 Å². The van der Waals surface area contributed by atoms with E-state index in [1.165, 1.54) is 6.42 Å². The van der Waals surface area contributed by atoms with Crippen LogP contribution in [0, 0.1) is 5.92 Å². The maximum atomic E-state index is 12.2. The number of hydrogen-bond acceptors (Lipinski definition) is 3. The molecule has 0 bridgehead atoms. The molecule has 1 aliphatic carbocycles. The first-order valence-electron chi connectivity index (χ1n) is 8.48. The van der Waals surface area contributed by atoms with Gasteiger partial charge in [0.1, 0.15) is 0 Å². The molecule has 130 valence electrons. The minimum absolute atomic E-state index is 0.000122. The lowest BCUT2D eigenvalue weighted by Gasteiger charge is -2.21. The van der Waals surface area contributed by atoms with Crippen molar-refractivity contribution in [2.24, 2.45) is 5.92 Å². The predicted molar refractivity (Wildman–Crippen MR) is 100.0 cm³/mol. The van der Waals surface area contributed by atoms with E-state index in [4.69, 9.17) is 12.2 Å². The topological polar surface area (TPSA) is 70.2 Å². The van der Waals surface area contributed by atoms with Gasteiger partial charge in [-0.25, -0.2) is 0 Å². The van der Waals surface area contributed by atoms with Crippen LogP contribution in [0.3, 0.4) is 0 Å². The van der Waals surface area contributed by atoms with Crippen LogP contribution in [0.15, 0.2) is 24.3 Å².